The first-order valence-electron chi connectivity index (χ1n) is 19.6. The van der Waals surface area contributed by atoms with E-state index in [1.807, 2.05) is 0 Å². The molecule has 2 aromatic rings. The molecule has 0 amide bonds. The summed E-state index contributed by atoms with van der Waals surface area (Å²) in [6.07, 6.45) is 24.6. The van der Waals surface area contributed by atoms with Crippen LogP contribution in [0.4, 0.5) is 0 Å². The van der Waals surface area contributed by atoms with E-state index in [2.05, 4.69) is 64.1 Å². The van der Waals surface area contributed by atoms with Crippen molar-refractivity contribution < 1.29 is 19.1 Å². The van der Waals surface area contributed by atoms with Crippen LogP contribution in [0.2, 0.25) is 0 Å². The first kappa shape index (κ1) is 40.3. The number of quaternary nitrogens is 1. The number of rotatable bonds is 29. The van der Waals surface area contributed by atoms with Gasteiger partial charge < -0.3 is 14.3 Å². The molecule has 262 valence electrons. The molecule has 0 spiro atoms. The fraction of sp³-hybridized carbons (Fsp3) is 0.738. The Kier molecular flexibility index (Phi) is 21.2. The summed E-state index contributed by atoms with van der Waals surface area (Å²) in [6, 6.07) is 12.8. The van der Waals surface area contributed by atoms with Crippen LogP contribution in [0.5, 0.6) is 0 Å². The van der Waals surface area contributed by atoms with Crippen LogP contribution < -0.4 is 0 Å². The Hall–Kier alpha value is -1.91. The minimum absolute atomic E-state index is 0.0645. The number of aliphatic carboxylic acids is 1. The van der Waals surface area contributed by atoms with Crippen LogP contribution in [0, 0.1) is 0 Å². The number of methoxy groups -OCH3 is 1. The highest BCUT2D eigenvalue weighted by Crippen LogP contribution is 2.39. The van der Waals surface area contributed by atoms with Crippen molar-refractivity contribution >= 4 is 16.7 Å². The summed E-state index contributed by atoms with van der Waals surface area (Å²) < 4.78 is 6.77. The highest BCUT2D eigenvalue weighted by atomic mass is 16.5. The summed E-state index contributed by atoms with van der Waals surface area (Å²) in [5.74, 6) is -1.20. The van der Waals surface area contributed by atoms with Crippen molar-refractivity contribution in [2.45, 2.75) is 175 Å². The molecule has 0 fully saturated rings. The van der Waals surface area contributed by atoms with Gasteiger partial charge in [0.05, 0.1) is 26.2 Å². The van der Waals surface area contributed by atoms with Crippen molar-refractivity contribution in [1.29, 1.82) is 0 Å². The molecule has 0 aromatic heterocycles. The molecule has 4 nitrogen and oxygen atoms in total. The number of ether oxygens (including phenoxy) is 1. The van der Waals surface area contributed by atoms with E-state index in [0.717, 1.165) is 58.9 Å². The molecule has 4 heteroatoms. The molecule has 0 saturated heterocycles. The van der Waals surface area contributed by atoms with Crippen LogP contribution in [0.1, 0.15) is 173 Å². The second kappa shape index (κ2) is 24.3. The molecule has 0 bridgehead atoms. The Labute approximate surface area is 284 Å². The smallest absolute Gasteiger partial charge is 0.317 e. The lowest BCUT2D eigenvalue weighted by Gasteiger charge is -2.48. The molecule has 0 aliphatic rings. The maximum absolute atomic E-state index is 13.8. The molecule has 0 saturated carbocycles. The van der Waals surface area contributed by atoms with Crippen molar-refractivity contribution in [3.8, 4) is 0 Å². The van der Waals surface area contributed by atoms with Gasteiger partial charge in [-0.15, -0.1) is 0 Å². The molecule has 2 unspecified atom stereocenters. The van der Waals surface area contributed by atoms with Gasteiger partial charge >= 0.3 is 5.97 Å². The first-order chi connectivity index (χ1) is 22.5. The highest BCUT2D eigenvalue weighted by molar-refractivity contribution is 5.89. The van der Waals surface area contributed by atoms with E-state index in [1.165, 1.54) is 116 Å². The van der Waals surface area contributed by atoms with Crippen LogP contribution >= 0.6 is 0 Å². The van der Waals surface area contributed by atoms with Gasteiger partial charge in [0, 0.05) is 13.5 Å². The predicted molar refractivity (Wildman–Crippen MR) is 199 cm³/mol. The SMILES string of the molecule is CCCCCCC[N+](CCCCCCC)(CCCCCCC)C(CCCCCC)C(C(=O)O)c1ccc2ccccc2c1COC. The van der Waals surface area contributed by atoms with E-state index < -0.39 is 11.9 Å². The summed E-state index contributed by atoms with van der Waals surface area (Å²) in [6.45, 7) is 12.9. The molecule has 0 radical (unpaired) electrons. The number of fused-ring (bicyclic) bond motifs is 1. The Morgan fingerprint density at radius 2 is 1.13 bits per heavy atom. The second-order valence-corrected chi connectivity index (χ2v) is 14.2. The largest absolute Gasteiger partial charge is 0.481 e. The minimum Gasteiger partial charge on any atom is -0.481 e. The molecule has 0 aliphatic heterocycles. The van der Waals surface area contributed by atoms with Gasteiger partial charge in [0.2, 0.25) is 0 Å². The molecule has 1 N–H and O–H groups in total. The fourth-order valence-electron chi connectivity index (χ4n) is 7.92. The second-order valence-electron chi connectivity index (χ2n) is 14.2. The molecule has 2 rings (SSSR count). The summed E-state index contributed by atoms with van der Waals surface area (Å²) in [5.41, 5.74) is 2.05. The summed E-state index contributed by atoms with van der Waals surface area (Å²) >= 11 is 0. The molecule has 2 atom stereocenters. The van der Waals surface area contributed by atoms with Crippen LogP contribution in [0.3, 0.4) is 0 Å². The first-order valence-corrected chi connectivity index (χ1v) is 19.6. The quantitative estimate of drug-likeness (QED) is 0.0712. The van der Waals surface area contributed by atoms with Gasteiger partial charge in [-0.25, -0.2) is 0 Å². The third kappa shape index (κ3) is 13.3. The van der Waals surface area contributed by atoms with Crippen LogP contribution in [-0.4, -0.2) is 48.3 Å². The topological polar surface area (TPSA) is 46.5 Å². The van der Waals surface area contributed by atoms with Crippen molar-refractivity contribution in [3.63, 3.8) is 0 Å². The van der Waals surface area contributed by atoms with Crippen molar-refractivity contribution in [2.75, 3.05) is 26.7 Å². The predicted octanol–water partition coefficient (Wildman–Crippen LogP) is 12.2. The zero-order chi connectivity index (χ0) is 33.5. The van der Waals surface area contributed by atoms with Crippen molar-refractivity contribution in [3.05, 3.63) is 47.5 Å². The number of carbonyl (C=O) groups is 1. The standard InChI is InChI=1S/C42H71NO3/c1-6-10-14-18-24-32-43(33-25-19-15-11-7-2,34-26-20-16-12-8-3)40(29-21-17-13-9-4)41(42(44)45)38-31-30-36-27-22-23-28-37(36)39(38)35-46-5/h22-23,27-28,30-31,40-41H,6-21,24-26,29,32-35H2,1-5H3/p+1. The number of carboxylic acids is 1. The normalized spacial score (nSPS) is 13.3. The van der Waals surface area contributed by atoms with E-state index in [-0.39, 0.29) is 6.04 Å². The Bertz CT molecular complexity index is 1030. The lowest BCUT2D eigenvalue weighted by Crippen LogP contribution is -2.60. The number of hydrogen-bond donors (Lipinski definition) is 1. The maximum Gasteiger partial charge on any atom is 0.317 e. The van der Waals surface area contributed by atoms with Crippen LogP contribution in [-0.2, 0) is 16.1 Å². The van der Waals surface area contributed by atoms with E-state index in [0.29, 0.717) is 6.61 Å². The summed E-state index contributed by atoms with van der Waals surface area (Å²) in [7, 11) is 1.74. The van der Waals surface area contributed by atoms with Gasteiger partial charge in [0.25, 0.3) is 0 Å². The number of carboxylic acid groups (broad SMARTS) is 1. The van der Waals surface area contributed by atoms with E-state index in [1.54, 1.807) is 7.11 Å². The van der Waals surface area contributed by atoms with Crippen molar-refractivity contribution in [1.82, 2.24) is 0 Å². The Balaban J connectivity index is 2.69. The third-order valence-electron chi connectivity index (χ3n) is 10.5. The molecule has 2 aromatic carbocycles. The average Bonchev–Trinajstić information content (AvgIpc) is 3.06. The van der Waals surface area contributed by atoms with Gasteiger partial charge in [-0.05, 0) is 66.8 Å². The molecule has 0 heterocycles. The average molecular weight is 639 g/mol. The molecule has 0 aliphatic carbocycles. The number of benzene rings is 2. The number of hydrogen-bond acceptors (Lipinski definition) is 2. The van der Waals surface area contributed by atoms with E-state index >= 15 is 0 Å². The monoisotopic (exact) mass is 639 g/mol. The molecular weight excluding hydrogens is 566 g/mol. The van der Waals surface area contributed by atoms with Gasteiger partial charge in [-0.3, -0.25) is 4.79 Å². The minimum atomic E-state index is -0.654. The van der Waals surface area contributed by atoms with Gasteiger partial charge in [-0.2, -0.15) is 0 Å². The summed E-state index contributed by atoms with van der Waals surface area (Å²) in [4.78, 5) is 13.8. The van der Waals surface area contributed by atoms with E-state index in [9.17, 15) is 9.90 Å². The van der Waals surface area contributed by atoms with E-state index in [4.69, 9.17) is 4.74 Å². The Morgan fingerprint density at radius 1 is 0.652 bits per heavy atom. The molecule has 46 heavy (non-hydrogen) atoms. The number of unbranched alkanes of at least 4 members (excludes halogenated alkanes) is 15. The van der Waals surface area contributed by atoms with Gasteiger partial charge in [0.1, 0.15) is 12.0 Å². The summed E-state index contributed by atoms with van der Waals surface area (Å²) in [5, 5.41) is 13.6. The maximum atomic E-state index is 13.8. The fourth-order valence-corrected chi connectivity index (χ4v) is 7.92. The van der Waals surface area contributed by atoms with Gasteiger partial charge in [-0.1, -0.05) is 141 Å². The highest BCUT2D eigenvalue weighted by Gasteiger charge is 2.45. The Morgan fingerprint density at radius 3 is 1.61 bits per heavy atom. The molecular formula is C42H72NO3+. The lowest BCUT2D eigenvalue weighted by molar-refractivity contribution is -0.953. The van der Waals surface area contributed by atoms with Crippen LogP contribution in [0.25, 0.3) is 10.8 Å². The van der Waals surface area contributed by atoms with Crippen LogP contribution in [0.15, 0.2) is 36.4 Å². The zero-order valence-electron chi connectivity index (χ0n) is 30.8. The van der Waals surface area contributed by atoms with Crippen molar-refractivity contribution in [2.24, 2.45) is 0 Å². The van der Waals surface area contributed by atoms with Gasteiger partial charge in [0.15, 0.2) is 0 Å². The lowest BCUT2D eigenvalue weighted by atomic mass is 9.81. The zero-order valence-corrected chi connectivity index (χ0v) is 30.8. The number of nitrogens with zero attached hydrogens (tertiary/aromatic N) is 1. The third-order valence-corrected chi connectivity index (χ3v) is 10.5.